The lowest BCUT2D eigenvalue weighted by Gasteiger charge is -2.18. The summed E-state index contributed by atoms with van der Waals surface area (Å²) in [6, 6.07) is 0. The van der Waals surface area contributed by atoms with Gasteiger partial charge in [-0.05, 0) is 44.7 Å². The minimum atomic E-state index is 0.0363. The van der Waals surface area contributed by atoms with Crippen LogP contribution in [0.4, 0.5) is 0 Å². The van der Waals surface area contributed by atoms with E-state index in [9.17, 15) is 0 Å². The van der Waals surface area contributed by atoms with E-state index in [0.29, 0.717) is 11.8 Å². The molecule has 1 saturated heterocycles. The Hall–Kier alpha value is -0.940. The first-order valence-electron chi connectivity index (χ1n) is 6.45. The maximum Gasteiger partial charge on any atom is 0.229 e. The maximum absolute atomic E-state index is 5.46. The van der Waals surface area contributed by atoms with E-state index in [2.05, 4.69) is 15.5 Å². The number of nitrogens with zero attached hydrogens (tertiary/aromatic N) is 2. The second kappa shape index (κ2) is 4.74. The lowest BCUT2D eigenvalue weighted by Crippen LogP contribution is -2.26. The second-order valence-corrected chi connectivity index (χ2v) is 5.01. The van der Waals surface area contributed by atoms with Crippen molar-refractivity contribution in [3.8, 4) is 0 Å². The Bertz CT molecular complexity index is 370. The lowest BCUT2D eigenvalue weighted by molar-refractivity contribution is 0.0751. The summed E-state index contributed by atoms with van der Waals surface area (Å²) in [5.74, 6) is 2.56. The summed E-state index contributed by atoms with van der Waals surface area (Å²) in [7, 11) is 1.73. The van der Waals surface area contributed by atoms with Crippen molar-refractivity contribution in [2.75, 3.05) is 20.2 Å². The second-order valence-electron chi connectivity index (χ2n) is 5.01. The van der Waals surface area contributed by atoms with E-state index < -0.39 is 0 Å². The zero-order valence-corrected chi connectivity index (χ0v) is 10.2. The molecular formula is C12H19N3O2. The molecule has 2 heterocycles. The number of nitrogens with one attached hydrogen (secondary N) is 1. The molecule has 1 aromatic rings. The predicted octanol–water partition coefficient (Wildman–Crippen LogP) is 1.63. The van der Waals surface area contributed by atoms with Crippen LogP contribution in [0.5, 0.6) is 0 Å². The van der Waals surface area contributed by atoms with Crippen LogP contribution in [-0.2, 0) is 4.74 Å². The third-order valence-electron chi connectivity index (χ3n) is 3.70. The molecule has 1 aliphatic heterocycles. The van der Waals surface area contributed by atoms with Crippen molar-refractivity contribution >= 4 is 0 Å². The molecule has 17 heavy (non-hydrogen) atoms. The van der Waals surface area contributed by atoms with Gasteiger partial charge in [0.2, 0.25) is 11.7 Å². The zero-order valence-electron chi connectivity index (χ0n) is 10.2. The summed E-state index contributed by atoms with van der Waals surface area (Å²) < 4.78 is 10.9. The van der Waals surface area contributed by atoms with Crippen LogP contribution in [0, 0.1) is 5.92 Å². The number of rotatable bonds is 4. The number of hydrogen-bond donors (Lipinski definition) is 1. The van der Waals surface area contributed by atoms with Crippen molar-refractivity contribution in [2.45, 2.75) is 37.7 Å². The molecule has 5 heteroatoms. The van der Waals surface area contributed by atoms with E-state index in [1.54, 1.807) is 7.11 Å². The van der Waals surface area contributed by atoms with Gasteiger partial charge in [0, 0.05) is 13.0 Å². The molecule has 1 aromatic heterocycles. The third-order valence-corrected chi connectivity index (χ3v) is 3.70. The molecule has 94 valence electrons. The molecule has 1 aliphatic carbocycles. The van der Waals surface area contributed by atoms with Crippen LogP contribution in [0.2, 0.25) is 0 Å². The van der Waals surface area contributed by atoms with Gasteiger partial charge in [0.15, 0.2) is 0 Å². The molecule has 1 atom stereocenters. The topological polar surface area (TPSA) is 60.2 Å². The van der Waals surface area contributed by atoms with E-state index in [4.69, 9.17) is 9.26 Å². The van der Waals surface area contributed by atoms with Gasteiger partial charge in [-0.1, -0.05) is 5.16 Å². The van der Waals surface area contributed by atoms with Crippen molar-refractivity contribution in [3.63, 3.8) is 0 Å². The summed E-state index contributed by atoms with van der Waals surface area (Å²) in [5, 5.41) is 7.43. The van der Waals surface area contributed by atoms with Gasteiger partial charge < -0.3 is 14.6 Å². The zero-order chi connectivity index (χ0) is 11.7. The minimum absolute atomic E-state index is 0.0363. The van der Waals surface area contributed by atoms with Gasteiger partial charge in [-0.2, -0.15) is 4.98 Å². The van der Waals surface area contributed by atoms with Gasteiger partial charge in [0.1, 0.15) is 6.10 Å². The Morgan fingerprint density at radius 1 is 1.29 bits per heavy atom. The number of hydrogen-bond acceptors (Lipinski definition) is 5. The fourth-order valence-electron chi connectivity index (χ4n) is 2.51. The molecule has 0 aromatic carbocycles. The molecule has 0 spiro atoms. The summed E-state index contributed by atoms with van der Waals surface area (Å²) in [6.07, 6.45) is 4.64. The van der Waals surface area contributed by atoms with Gasteiger partial charge in [0.25, 0.3) is 0 Å². The van der Waals surface area contributed by atoms with Crippen molar-refractivity contribution in [3.05, 3.63) is 11.7 Å². The van der Waals surface area contributed by atoms with Crippen LogP contribution >= 0.6 is 0 Å². The molecule has 2 fully saturated rings. The molecule has 1 N–H and O–H groups in total. The minimum Gasteiger partial charge on any atom is -0.373 e. The van der Waals surface area contributed by atoms with Gasteiger partial charge in [-0.15, -0.1) is 0 Å². The third kappa shape index (κ3) is 2.35. The van der Waals surface area contributed by atoms with Crippen molar-refractivity contribution < 1.29 is 9.26 Å². The number of aromatic nitrogens is 2. The van der Waals surface area contributed by atoms with Gasteiger partial charge in [-0.3, -0.25) is 0 Å². The average molecular weight is 237 g/mol. The van der Waals surface area contributed by atoms with Gasteiger partial charge >= 0.3 is 0 Å². The Labute approximate surface area is 101 Å². The molecule has 1 unspecified atom stereocenters. The average Bonchev–Trinajstić information content (AvgIpc) is 3.09. The lowest BCUT2D eigenvalue weighted by atomic mass is 9.98. The van der Waals surface area contributed by atoms with E-state index >= 15 is 0 Å². The summed E-state index contributed by atoms with van der Waals surface area (Å²) in [6.45, 7) is 2.08. The van der Waals surface area contributed by atoms with E-state index in [-0.39, 0.29) is 6.10 Å². The van der Waals surface area contributed by atoms with Crippen LogP contribution in [0.15, 0.2) is 4.52 Å². The van der Waals surface area contributed by atoms with E-state index in [0.717, 1.165) is 37.6 Å². The standard InChI is InChI=1S/C12H19N3O2/c1-16-10(8-2-3-8)11-14-12(17-15-11)9-4-6-13-7-5-9/h8-10,13H,2-7H2,1H3. The Kier molecular flexibility index (Phi) is 3.11. The highest BCUT2D eigenvalue weighted by molar-refractivity contribution is 5.01. The van der Waals surface area contributed by atoms with Crippen LogP contribution in [0.3, 0.4) is 0 Å². The molecule has 5 nitrogen and oxygen atoms in total. The number of ether oxygens (including phenoxy) is 1. The molecular weight excluding hydrogens is 218 g/mol. The highest BCUT2D eigenvalue weighted by Crippen LogP contribution is 2.42. The Morgan fingerprint density at radius 3 is 2.71 bits per heavy atom. The summed E-state index contributed by atoms with van der Waals surface area (Å²) in [4.78, 5) is 4.54. The quantitative estimate of drug-likeness (QED) is 0.862. The first-order chi connectivity index (χ1) is 8.38. The summed E-state index contributed by atoms with van der Waals surface area (Å²) >= 11 is 0. The van der Waals surface area contributed by atoms with E-state index in [1.807, 2.05) is 0 Å². The van der Waals surface area contributed by atoms with Crippen LogP contribution < -0.4 is 5.32 Å². The highest BCUT2D eigenvalue weighted by Gasteiger charge is 2.36. The normalized spacial score (nSPS) is 23.8. The van der Waals surface area contributed by atoms with Crippen molar-refractivity contribution in [1.29, 1.82) is 0 Å². The smallest absolute Gasteiger partial charge is 0.229 e. The predicted molar refractivity (Wildman–Crippen MR) is 61.6 cm³/mol. The van der Waals surface area contributed by atoms with Crippen LogP contribution in [0.25, 0.3) is 0 Å². The van der Waals surface area contributed by atoms with E-state index in [1.165, 1.54) is 12.8 Å². The molecule has 3 rings (SSSR count). The molecule has 0 bridgehead atoms. The maximum atomic E-state index is 5.46. The molecule has 0 amide bonds. The first-order valence-corrected chi connectivity index (χ1v) is 6.45. The molecule has 0 radical (unpaired) electrons. The summed E-state index contributed by atoms with van der Waals surface area (Å²) in [5.41, 5.74) is 0. The first kappa shape index (κ1) is 11.2. The fourth-order valence-corrected chi connectivity index (χ4v) is 2.51. The monoisotopic (exact) mass is 237 g/mol. The highest BCUT2D eigenvalue weighted by atomic mass is 16.5. The number of piperidine rings is 1. The Balaban J connectivity index is 1.72. The SMILES string of the molecule is COC(c1noc(C2CCNCC2)n1)C1CC1. The van der Waals surface area contributed by atoms with Crippen molar-refractivity contribution in [1.82, 2.24) is 15.5 Å². The Morgan fingerprint density at radius 2 is 2.06 bits per heavy atom. The largest absolute Gasteiger partial charge is 0.373 e. The van der Waals surface area contributed by atoms with Gasteiger partial charge in [0.05, 0.1) is 0 Å². The molecule has 1 saturated carbocycles. The number of methoxy groups -OCH3 is 1. The fraction of sp³-hybridized carbons (Fsp3) is 0.833. The molecule has 2 aliphatic rings. The van der Waals surface area contributed by atoms with Crippen LogP contribution in [-0.4, -0.2) is 30.3 Å². The van der Waals surface area contributed by atoms with Gasteiger partial charge in [-0.25, -0.2) is 0 Å². The van der Waals surface area contributed by atoms with Crippen LogP contribution in [0.1, 0.15) is 49.4 Å². The van der Waals surface area contributed by atoms with Crippen molar-refractivity contribution in [2.24, 2.45) is 5.92 Å².